The standard InChI is InChI=1S/C22H22FN7/c1-28-11-13-29(14-12-28)17-6-4-16(5-7-17)26-22-25-15-18-8-9-20(30(18)27-22)19-3-2-10-24-21(19)23/h2-10,15H,11-14H2,1H3,(H,26,27). The summed E-state index contributed by atoms with van der Waals surface area (Å²) in [4.78, 5) is 12.9. The van der Waals surface area contributed by atoms with Gasteiger partial charge in [0, 0.05) is 43.8 Å². The Labute approximate surface area is 173 Å². The molecule has 1 N–H and O–H groups in total. The number of likely N-dealkylation sites (N-methyl/N-ethyl adjacent to an activating group) is 1. The second-order valence-corrected chi connectivity index (χ2v) is 7.44. The van der Waals surface area contributed by atoms with Crippen LogP contribution in [0.5, 0.6) is 0 Å². The molecule has 0 amide bonds. The highest BCUT2D eigenvalue weighted by Crippen LogP contribution is 2.25. The first kappa shape index (κ1) is 18.5. The number of fused-ring (bicyclic) bond motifs is 1. The summed E-state index contributed by atoms with van der Waals surface area (Å²) in [5.74, 6) is -0.0817. The SMILES string of the molecule is CN1CCN(c2ccc(Nc3ncc4ccc(-c5cccnc5F)n4n3)cc2)CC1. The Hall–Kier alpha value is -3.52. The monoisotopic (exact) mass is 403 g/mol. The minimum Gasteiger partial charge on any atom is -0.369 e. The molecule has 0 unspecified atom stereocenters. The summed E-state index contributed by atoms with van der Waals surface area (Å²) in [6.07, 6.45) is 3.15. The lowest BCUT2D eigenvalue weighted by molar-refractivity contribution is 0.313. The lowest BCUT2D eigenvalue weighted by atomic mass is 10.2. The Balaban J connectivity index is 1.38. The van der Waals surface area contributed by atoms with E-state index >= 15 is 0 Å². The molecule has 1 aromatic carbocycles. The van der Waals surface area contributed by atoms with E-state index in [1.165, 1.54) is 11.9 Å². The van der Waals surface area contributed by atoms with Crippen molar-refractivity contribution in [3.63, 3.8) is 0 Å². The van der Waals surface area contributed by atoms with Crippen molar-refractivity contribution in [2.75, 3.05) is 43.4 Å². The van der Waals surface area contributed by atoms with Crippen LogP contribution >= 0.6 is 0 Å². The van der Waals surface area contributed by atoms with E-state index < -0.39 is 5.95 Å². The van der Waals surface area contributed by atoms with Gasteiger partial charge < -0.3 is 15.1 Å². The normalized spacial score (nSPS) is 14.9. The fraction of sp³-hybridized carbons (Fsp3) is 0.227. The number of benzene rings is 1. The van der Waals surface area contributed by atoms with E-state index in [9.17, 15) is 4.39 Å². The first-order valence-corrected chi connectivity index (χ1v) is 9.94. The average Bonchev–Trinajstić information content (AvgIpc) is 3.18. The van der Waals surface area contributed by atoms with Gasteiger partial charge in [0.05, 0.1) is 23.0 Å². The molecule has 0 atom stereocenters. The predicted octanol–water partition coefficient (Wildman–Crippen LogP) is 3.43. The zero-order chi connectivity index (χ0) is 20.5. The van der Waals surface area contributed by atoms with Crippen molar-refractivity contribution in [1.29, 1.82) is 0 Å². The molecule has 1 saturated heterocycles. The molecule has 4 heterocycles. The zero-order valence-electron chi connectivity index (χ0n) is 16.7. The summed E-state index contributed by atoms with van der Waals surface area (Å²) in [6.45, 7) is 4.21. The van der Waals surface area contributed by atoms with Crippen molar-refractivity contribution < 1.29 is 4.39 Å². The number of rotatable bonds is 4. The Bertz CT molecular complexity index is 1160. The van der Waals surface area contributed by atoms with Gasteiger partial charge in [-0.05, 0) is 55.6 Å². The molecule has 7 nitrogen and oxygen atoms in total. The fourth-order valence-electron chi connectivity index (χ4n) is 3.69. The molecule has 4 aromatic rings. The lowest BCUT2D eigenvalue weighted by Gasteiger charge is -2.34. The van der Waals surface area contributed by atoms with E-state index in [1.807, 2.05) is 24.3 Å². The minimum absolute atomic E-state index is 0.402. The number of aromatic nitrogens is 4. The molecule has 0 bridgehead atoms. The Morgan fingerprint density at radius 1 is 0.933 bits per heavy atom. The maximum Gasteiger partial charge on any atom is 0.245 e. The summed E-state index contributed by atoms with van der Waals surface area (Å²) >= 11 is 0. The molecule has 0 radical (unpaired) electrons. The third-order valence-electron chi connectivity index (χ3n) is 5.43. The number of hydrogen-bond acceptors (Lipinski definition) is 6. The highest BCUT2D eigenvalue weighted by molar-refractivity contribution is 5.67. The minimum atomic E-state index is -0.523. The summed E-state index contributed by atoms with van der Waals surface area (Å²) in [6, 6.07) is 15.3. The van der Waals surface area contributed by atoms with Crippen molar-refractivity contribution in [2.45, 2.75) is 0 Å². The molecular weight excluding hydrogens is 381 g/mol. The first-order chi connectivity index (χ1) is 14.7. The highest BCUT2D eigenvalue weighted by Gasteiger charge is 2.15. The summed E-state index contributed by atoms with van der Waals surface area (Å²) in [5.41, 5.74) is 3.92. The smallest absolute Gasteiger partial charge is 0.245 e. The van der Waals surface area contributed by atoms with Crippen LogP contribution in [0.15, 0.2) is 60.9 Å². The quantitative estimate of drug-likeness (QED) is 0.527. The van der Waals surface area contributed by atoms with Gasteiger partial charge >= 0.3 is 0 Å². The molecule has 30 heavy (non-hydrogen) atoms. The van der Waals surface area contributed by atoms with Crippen molar-refractivity contribution in [2.24, 2.45) is 0 Å². The molecule has 5 rings (SSSR count). The van der Waals surface area contributed by atoms with Crippen LogP contribution in [0.3, 0.4) is 0 Å². The molecule has 1 fully saturated rings. The van der Waals surface area contributed by atoms with Crippen LogP contribution in [0.25, 0.3) is 16.8 Å². The van der Waals surface area contributed by atoms with E-state index in [1.54, 1.807) is 22.8 Å². The van der Waals surface area contributed by atoms with Crippen molar-refractivity contribution >= 4 is 22.8 Å². The highest BCUT2D eigenvalue weighted by atomic mass is 19.1. The summed E-state index contributed by atoms with van der Waals surface area (Å²) in [5, 5.41) is 7.79. The van der Waals surface area contributed by atoms with Crippen LogP contribution < -0.4 is 10.2 Å². The van der Waals surface area contributed by atoms with Crippen molar-refractivity contribution in [3.05, 3.63) is 66.9 Å². The number of anilines is 3. The number of hydrogen-bond donors (Lipinski definition) is 1. The van der Waals surface area contributed by atoms with E-state index in [0.29, 0.717) is 17.2 Å². The molecule has 1 aliphatic rings. The van der Waals surface area contributed by atoms with Crippen molar-refractivity contribution in [3.8, 4) is 11.3 Å². The number of nitrogens with zero attached hydrogens (tertiary/aromatic N) is 6. The van der Waals surface area contributed by atoms with Gasteiger partial charge in [-0.3, -0.25) is 0 Å². The van der Waals surface area contributed by atoms with Gasteiger partial charge in [0.25, 0.3) is 0 Å². The molecule has 8 heteroatoms. The van der Waals surface area contributed by atoms with E-state index in [4.69, 9.17) is 0 Å². The third kappa shape index (κ3) is 3.57. The van der Waals surface area contributed by atoms with Crippen LogP contribution in [-0.2, 0) is 0 Å². The summed E-state index contributed by atoms with van der Waals surface area (Å²) in [7, 11) is 2.15. The molecule has 0 saturated carbocycles. The predicted molar refractivity (Wildman–Crippen MR) is 116 cm³/mol. The van der Waals surface area contributed by atoms with Crippen LogP contribution in [-0.4, -0.2) is 57.7 Å². The van der Waals surface area contributed by atoms with Crippen LogP contribution in [0.2, 0.25) is 0 Å². The van der Waals surface area contributed by atoms with Gasteiger partial charge in [0.1, 0.15) is 0 Å². The molecule has 3 aromatic heterocycles. The second-order valence-electron chi connectivity index (χ2n) is 7.44. The Kier molecular flexibility index (Phi) is 4.76. The van der Waals surface area contributed by atoms with Gasteiger partial charge in [-0.2, -0.15) is 4.39 Å². The van der Waals surface area contributed by atoms with Gasteiger partial charge in [-0.1, -0.05) is 0 Å². The zero-order valence-corrected chi connectivity index (χ0v) is 16.7. The van der Waals surface area contributed by atoms with E-state index in [0.717, 1.165) is 37.4 Å². The van der Waals surface area contributed by atoms with Gasteiger partial charge in [0.15, 0.2) is 0 Å². The van der Waals surface area contributed by atoms with E-state index in [-0.39, 0.29) is 0 Å². The molecule has 0 spiro atoms. The van der Waals surface area contributed by atoms with Gasteiger partial charge in [-0.15, -0.1) is 5.10 Å². The third-order valence-corrected chi connectivity index (χ3v) is 5.43. The maximum atomic E-state index is 14.2. The lowest BCUT2D eigenvalue weighted by Crippen LogP contribution is -2.44. The van der Waals surface area contributed by atoms with Gasteiger partial charge in [0.2, 0.25) is 11.9 Å². The topological polar surface area (TPSA) is 61.6 Å². The van der Waals surface area contributed by atoms with Crippen LogP contribution in [0, 0.1) is 5.95 Å². The first-order valence-electron chi connectivity index (χ1n) is 9.94. The fourth-order valence-corrected chi connectivity index (χ4v) is 3.69. The van der Waals surface area contributed by atoms with Crippen LogP contribution in [0.4, 0.5) is 21.7 Å². The van der Waals surface area contributed by atoms with Crippen molar-refractivity contribution in [1.82, 2.24) is 24.5 Å². The van der Waals surface area contributed by atoms with E-state index in [2.05, 4.69) is 49.4 Å². The molecule has 152 valence electrons. The molecule has 1 aliphatic heterocycles. The van der Waals surface area contributed by atoms with Crippen LogP contribution in [0.1, 0.15) is 0 Å². The Morgan fingerprint density at radius 2 is 1.73 bits per heavy atom. The number of halogens is 1. The number of pyridine rings is 1. The summed E-state index contributed by atoms with van der Waals surface area (Å²) < 4.78 is 15.8. The number of piperazine rings is 1. The Morgan fingerprint density at radius 3 is 2.50 bits per heavy atom. The maximum absolute atomic E-state index is 14.2. The van der Waals surface area contributed by atoms with Gasteiger partial charge in [-0.25, -0.2) is 14.5 Å². The largest absolute Gasteiger partial charge is 0.369 e. The molecule has 0 aliphatic carbocycles. The molecular formula is C22H22FN7. The number of nitrogens with one attached hydrogen (secondary N) is 1. The average molecular weight is 403 g/mol. The second kappa shape index (κ2) is 7.72.